The Labute approximate surface area is 112 Å². The van der Waals surface area contributed by atoms with Gasteiger partial charge in [-0.1, -0.05) is 26.0 Å². The molecule has 1 unspecified atom stereocenters. The van der Waals surface area contributed by atoms with Gasteiger partial charge in [-0.2, -0.15) is 11.8 Å². The van der Waals surface area contributed by atoms with E-state index in [4.69, 9.17) is 0 Å². The number of hydrogen-bond donors (Lipinski definition) is 1. The van der Waals surface area contributed by atoms with E-state index in [9.17, 15) is 8.78 Å². The predicted molar refractivity (Wildman–Crippen MR) is 75.1 cm³/mol. The Kier molecular flexibility index (Phi) is 6.09. The lowest BCUT2D eigenvalue weighted by Gasteiger charge is -2.18. The van der Waals surface area contributed by atoms with Crippen molar-refractivity contribution >= 4 is 11.8 Å². The maximum atomic E-state index is 13.9. The number of hydrogen-bond acceptors (Lipinski definition) is 2. The van der Waals surface area contributed by atoms with Gasteiger partial charge in [0.25, 0.3) is 0 Å². The molecule has 0 bridgehead atoms. The molecule has 0 amide bonds. The van der Waals surface area contributed by atoms with Crippen LogP contribution in [0.3, 0.4) is 0 Å². The van der Waals surface area contributed by atoms with Crippen molar-refractivity contribution in [1.29, 1.82) is 0 Å². The second-order valence-corrected chi connectivity index (χ2v) is 5.95. The summed E-state index contributed by atoms with van der Waals surface area (Å²) in [5.41, 5.74) is 0.762. The average Bonchev–Trinajstić information content (AvgIpc) is 2.33. The number of halogens is 2. The Morgan fingerprint density at radius 3 is 2.39 bits per heavy atom. The van der Waals surface area contributed by atoms with Gasteiger partial charge in [-0.25, -0.2) is 8.78 Å². The molecule has 102 valence electrons. The minimum absolute atomic E-state index is 0.149. The molecule has 0 saturated heterocycles. The van der Waals surface area contributed by atoms with Gasteiger partial charge in [0, 0.05) is 17.4 Å². The number of benzene rings is 1. The van der Waals surface area contributed by atoms with Gasteiger partial charge in [-0.15, -0.1) is 0 Å². The second kappa shape index (κ2) is 7.10. The van der Waals surface area contributed by atoms with E-state index >= 15 is 0 Å². The van der Waals surface area contributed by atoms with Crippen LogP contribution in [0.2, 0.25) is 0 Å². The molecule has 0 heterocycles. The zero-order valence-electron chi connectivity index (χ0n) is 11.4. The molecule has 1 aromatic carbocycles. The third kappa shape index (κ3) is 3.95. The SMILES string of the molecule is CNC(CSCC(C)C)c1ccc(C)c(F)c1F. The molecule has 18 heavy (non-hydrogen) atoms. The molecule has 0 spiro atoms. The summed E-state index contributed by atoms with van der Waals surface area (Å²) in [6.07, 6.45) is 0. The van der Waals surface area contributed by atoms with Crippen molar-refractivity contribution < 1.29 is 8.78 Å². The van der Waals surface area contributed by atoms with Crippen molar-refractivity contribution in [2.75, 3.05) is 18.6 Å². The highest BCUT2D eigenvalue weighted by Crippen LogP contribution is 2.25. The van der Waals surface area contributed by atoms with Gasteiger partial charge in [-0.05, 0) is 31.2 Å². The standard InChI is InChI=1S/C14H21F2NS/c1-9(2)7-18-8-12(17-4)11-6-5-10(3)13(15)14(11)16/h5-6,9,12,17H,7-8H2,1-4H3. The van der Waals surface area contributed by atoms with E-state index in [2.05, 4.69) is 19.2 Å². The largest absolute Gasteiger partial charge is 0.312 e. The van der Waals surface area contributed by atoms with Gasteiger partial charge < -0.3 is 5.32 Å². The molecule has 1 rings (SSSR count). The summed E-state index contributed by atoms with van der Waals surface area (Å²) < 4.78 is 27.4. The van der Waals surface area contributed by atoms with Crippen LogP contribution in [0.25, 0.3) is 0 Å². The minimum atomic E-state index is -0.735. The summed E-state index contributed by atoms with van der Waals surface area (Å²) in [5, 5.41) is 3.05. The van der Waals surface area contributed by atoms with E-state index < -0.39 is 11.6 Å². The second-order valence-electron chi connectivity index (χ2n) is 4.87. The fraction of sp³-hybridized carbons (Fsp3) is 0.571. The number of rotatable bonds is 6. The van der Waals surface area contributed by atoms with Crippen LogP contribution in [0.1, 0.15) is 31.0 Å². The number of aryl methyl sites for hydroxylation is 1. The van der Waals surface area contributed by atoms with Gasteiger partial charge in [-0.3, -0.25) is 0 Å². The Balaban J connectivity index is 2.79. The van der Waals surface area contributed by atoms with Crippen LogP contribution in [0, 0.1) is 24.5 Å². The predicted octanol–water partition coefficient (Wildman–Crippen LogP) is 3.92. The molecule has 1 nitrogen and oxygen atoms in total. The minimum Gasteiger partial charge on any atom is -0.312 e. The first-order valence-electron chi connectivity index (χ1n) is 6.16. The normalized spacial score (nSPS) is 13.1. The molecular weight excluding hydrogens is 252 g/mol. The summed E-state index contributed by atoms with van der Waals surface area (Å²) in [6, 6.07) is 3.15. The van der Waals surface area contributed by atoms with Gasteiger partial charge in [0.15, 0.2) is 11.6 Å². The van der Waals surface area contributed by atoms with Crippen molar-refractivity contribution in [3.8, 4) is 0 Å². The molecule has 0 radical (unpaired) electrons. The molecule has 0 aliphatic rings. The van der Waals surface area contributed by atoms with Crippen molar-refractivity contribution in [1.82, 2.24) is 5.32 Å². The summed E-state index contributed by atoms with van der Waals surface area (Å²) >= 11 is 1.76. The zero-order valence-corrected chi connectivity index (χ0v) is 12.2. The Bertz CT molecular complexity index is 394. The highest BCUT2D eigenvalue weighted by molar-refractivity contribution is 7.99. The Morgan fingerprint density at radius 2 is 1.83 bits per heavy atom. The van der Waals surface area contributed by atoms with Crippen LogP contribution < -0.4 is 5.32 Å². The molecule has 1 atom stereocenters. The van der Waals surface area contributed by atoms with Crippen LogP contribution in [-0.4, -0.2) is 18.6 Å². The molecule has 0 aromatic heterocycles. The molecule has 0 aliphatic heterocycles. The van der Waals surface area contributed by atoms with Crippen LogP contribution >= 0.6 is 11.8 Å². The van der Waals surface area contributed by atoms with E-state index in [0.29, 0.717) is 17.0 Å². The lowest BCUT2D eigenvalue weighted by Crippen LogP contribution is -2.21. The van der Waals surface area contributed by atoms with Gasteiger partial charge >= 0.3 is 0 Å². The fourth-order valence-corrected chi connectivity index (χ4v) is 2.87. The first-order chi connectivity index (χ1) is 8.47. The van der Waals surface area contributed by atoms with E-state index in [0.717, 1.165) is 11.5 Å². The lowest BCUT2D eigenvalue weighted by atomic mass is 10.1. The van der Waals surface area contributed by atoms with Crippen LogP contribution in [0.15, 0.2) is 12.1 Å². The fourth-order valence-electron chi connectivity index (χ4n) is 1.68. The molecule has 1 N–H and O–H groups in total. The summed E-state index contributed by atoms with van der Waals surface area (Å²) in [4.78, 5) is 0. The van der Waals surface area contributed by atoms with E-state index in [1.807, 2.05) is 0 Å². The highest BCUT2D eigenvalue weighted by Gasteiger charge is 2.18. The number of nitrogens with one attached hydrogen (secondary N) is 1. The molecule has 4 heteroatoms. The van der Waals surface area contributed by atoms with Crippen molar-refractivity contribution in [2.24, 2.45) is 5.92 Å². The molecule has 0 aliphatic carbocycles. The third-order valence-electron chi connectivity index (χ3n) is 2.76. The maximum Gasteiger partial charge on any atom is 0.163 e. The lowest BCUT2D eigenvalue weighted by molar-refractivity contribution is 0.479. The zero-order chi connectivity index (χ0) is 13.7. The molecule has 0 saturated carbocycles. The van der Waals surface area contributed by atoms with Crippen molar-refractivity contribution in [3.63, 3.8) is 0 Å². The van der Waals surface area contributed by atoms with Crippen LogP contribution in [0.4, 0.5) is 8.78 Å². The van der Waals surface area contributed by atoms with Crippen molar-refractivity contribution in [2.45, 2.75) is 26.8 Å². The molecule has 0 fully saturated rings. The average molecular weight is 273 g/mol. The topological polar surface area (TPSA) is 12.0 Å². The van der Waals surface area contributed by atoms with E-state index in [-0.39, 0.29) is 6.04 Å². The van der Waals surface area contributed by atoms with Crippen LogP contribution in [-0.2, 0) is 0 Å². The van der Waals surface area contributed by atoms with Gasteiger partial charge in [0.05, 0.1) is 0 Å². The Hall–Kier alpha value is -0.610. The first kappa shape index (κ1) is 15.4. The third-order valence-corrected chi connectivity index (χ3v) is 4.24. The first-order valence-corrected chi connectivity index (χ1v) is 7.32. The van der Waals surface area contributed by atoms with E-state index in [1.165, 1.54) is 0 Å². The van der Waals surface area contributed by atoms with Gasteiger partial charge in [0.2, 0.25) is 0 Å². The van der Waals surface area contributed by atoms with Crippen molar-refractivity contribution in [3.05, 3.63) is 34.9 Å². The van der Waals surface area contributed by atoms with E-state index in [1.54, 1.807) is 37.9 Å². The summed E-state index contributed by atoms with van der Waals surface area (Å²) in [7, 11) is 1.78. The monoisotopic (exact) mass is 273 g/mol. The molecular formula is C14H21F2NS. The molecule has 1 aromatic rings. The smallest absolute Gasteiger partial charge is 0.163 e. The maximum absolute atomic E-state index is 13.9. The van der Waals surface area contributed by atoms with Crippen LogP contribution in [0.5, 0.6) is 0 Å². The quantitative estimate of drug-likeness (QED) is 0.843. The Morgan fingerprint density at radius 1 is 1.17 bits per heavy atom. The number of thioether (sulfide) groups is 1. The van der Waals surface area contributed by atoms with Gasteiger partial charge in [0.1, 0.15) is 0 Å². The highest BCUT2D eigenvalue weighted by atomic mass is 32.2. The summed E-state index contributed by atoms with van der Waals surface area (Å²) in [5.74, 6) is 0.913. The summed E-state index contributed by atoms with van der Waals surface area (Å²) in [6.45, 7) is 5.87.